The molecule has 3 aromatic heterocycles. The van der Waals surface area contributed by atoms with Crippen LogP contribution in [0.25, 0.3) is 22.3 Å². The van der Waals surface area contributed by atoms with Crippen LogP contribution in [0.3, 0.4) is 0 Å². The molecule has 1 N–H and O–H groups in total. The Hall–Kier alpha value is -3.26. The van der Waals surface area contributed by atoms with Crippen molar-refractivity contribution in [2.24, 2.45) is 7.05 Å². The third-order valence-corrected chi connectivity index (χ3v) is 5.49. The molecule has 0 saturated heterocycles. The standard InChI is InChI=1S/C21H22BN7O2P/c1-4-13(19(23)32-22)14-10-25-18-9-16(14)31-12(2)6-8-30-21-15(11-26-29(21)3)20-24-7-5-17(27-18)28-20/h4-5,7,9-12,23,32H,6,8H2,1-3H3/q-1/b13-4-,23-19?/t12-/m0/s1. The normalized spacial score (nSPS) is 16.5. The van der Waals surface area contributed by atoms with Gasteiger partial charge in [-0.2, -0.15) is 5.10 Å². The van der Waals surface area contributed by atoms with Gasteiger partial charge in [-0.15, -0.1) is 8.46 Å². The smallest absolute Gasteiger partial charge is 0.221 e. The maximum absolute atomic E-state index is 8.23. The summed E-state index contributed by atoms with van der Waals surface area (Å²) in [5.74, 6) is 2.52. The fraction of sp³-hybridized carbons (Fsp3) is 0.286. The van der Waals surface area contributed by atoms with Crippen molar-refractivity contribution in [3.63, 3.8) is 0 Å². The first kappa shape index (κ1) is 22.0. The van der Waals surface area contributed by atoms with Crippen LogP contribution in [0.5, 0.6) is 11.6 Å². The monoisotopic (exact) mass is 446 g/mol. The zero-order valence-corrected chi connectivity index (χ0v) is 19.0. The molecule has 32 heavy (non-hydrogen) atoms. The minimum Gasteiger partial charge on any atom is -0.490 e. The predicted octanol–water partition coefficient (Wildman–Crippen LogP) is 4.30. The highest BCUT2D eigenvalue weighted by Crippen LogP contribution is 2.37. The van der Waals surface area contributed by atoms with Crippen molar-refractivity contribution in [1.29, 1.82) is 5.41 Å². The molecule has 162 valence electrons. The summed E-state index contributed by atoms with van der Waals surface area (Å²) >= 11 is 0. The molecule has 4 bridgehead atoms. The molecule has 1 unspecified atom stereocenters. The van der Waals surface area contributed by atoms with E-state index in [1.807, 2.05) is 27.0 Å². The Balaban J connectivity index is 1.78. The molecule has 2 radical (unpaired) electrons. The summed E-state index contributed by atoms with van der Waals surface area (Å²) in [6, 6.07) is 3.46. The maximum atomic E-state index is 8.23. The fourth-order valence-corrected chi connectivity index (χ4v) is 3.74. The van der Waals surface area contributed by atoms with Crippen molar-refractivity contribution in [1.82, 2.24) is 24.7 Å². The van der Waals surface area contributed by atoms with Gasteiger partial charge in [-0.05, 0) is 32.2 Å². The zero-order valence-electron chi connectivity index (χ0n) is 18.0. The Labute approximate surface area is 189 Å². The summed E-state index contributed by atoms with van der Waals surface area (Å²) in [5.41, 5.74) is 2.41. The van der Waals surface area contributed by atoms with Crippen LogP contribution in [0.15, 0.2) is 36.8 Å². The van der Waals surface area contributed by atoms with Crippen molar-refractivity contribution >= 4 is 38.7 Å². The largest absolute Gasteiger partial charge is 0.490 e. The number of rotatable bonds is 3. The first-order chi connectivity index (χ1) is 15.5. The quantitative estimate of drug-likeness (QED) is 0.365. The van der Waals surface area contributed by atoms with Gasteiger partial charge in [0.1, 0.15) is 13.3 Å². The summed E-state index contributed by atoms with van der Waals surface area (Å²) in [4.78, 5) is 13.4. The molecular formula is C21H22BN7O2P-. The first-order valence-electron chi connectivity index (χ1n) is 10.1. The molecule has 1 aliphatic rings. The van der Waals surface area contributed by atoms with Crippen LogP contribution in [-0.2, 0) is 7.05 Å². The number of hydrogen-bond acceptors (Lipinski definition) is 7. The van der Waals surface area contributed by atoms with Crippen molar-refractivity contribution < 1.29 is 9.47 Å². The number of aryl methyl sites for hydroxylation is 1. The van der Waals surface area contributed by atoms with Gasteiger partial charge in [0.15, 0.2) is 0 Å². The van der Waals surface area contributed by atoms with Gasteiger partial charge < -0.3 is 30.2 Å². The lowest BCUT2D eigenvalue weighted by Crippen LogP contribution is -2.17. The number of hydrogen-bond donors (Lipinski definition) is 1. The summed E-state index contributed by atoms with van der Waals surface area (Å²) in [6.07, 6.45) is 7.28. The van der Waals surface area contributed by atoms with Gasteiger partial charge in [-0.1, -0.05) is 6.08 Å². The minimum absolute atomic E-state index is 0.134. The molecule has 0 saturated carbocycles. The van der Waals surface area contributed by atoms with Crippen LogP contribution in [-0.4, -0.2) is 50.5 Å². The lowest BCUT2D eigenvalue weighted by Gasteiger charge is -2.23. The lowest BCUT2D eigenvalue weighted by atomic mass is 10.1. The fourth-order valence-electron chi connectivity index (χ4n) is 3.31. The number of aromatic nitrogens is 5. The Kier molecular flexibility index (Phi) is 6.51. The van der Waals surface area contributed by atoms with E-state index in [9.17, 15) is 0 Å². The van der Waals surface area contributed by atoms with E-state index in [4.69, 9.17) is 22.4 Å². The second kappa shape index (κ2) is 9.48. The van der Waals surface area contributed by atoms with Gasteiger partial charge >= 0.3 is 0 Å². The van der Waals surface area contributed by atoms with E-state index in [-0.39, 0.29) is 14.6 Å². The Morgan fingerprint density at radius 2 is 2.19 bits per heavy atom. The highest BCUT2D eigenvalue weighted by atomic mass is 31.1. The van der Waals surface area contributed by atoms with Crippen LogP contribution < -0.4 is 9.47 Å². The van der Waals surface area contributed by atoms with E-state index in [1.54, 1.807) is 35.4 Å². The lowest BCUT2D eigenvalue weighted by molar-refractivity contribution is 0.172. The number of allylic oxidation sites excluding steroid dienone is 2. The Bertz CT molecular complexity index is 1180. The molecule has 1 aliphatic heterocycles. The Morgan fingerprint density at radius 3 is 2.97 bits per heavy atom. The van der Waals surface area contributed by atoms with Crippen molar-refractivity contribution in [2.75, 3.05) is 6.61 Å². The van der Waals surface area contributed by atoms with Gasteiger partial charge in [0.25, 0.3) is 0 Å². The highest BCUT2D eigenvalue weighted by Gasteiger charge is 2.17. The predicted molar refractivity (Wildman–Crippen MR) is 127 cm³/mol. The van der Waals surface area contributed by atoms with E-state index in [0.717, 1.165) is 0 Å². The molecule has 4 heterocycles. The summed E-state index contributed by atoms with van der Waals surface area (Å²) in [5, 5.41) is 17.1. The van der Waals surface area contributed by atoms with Gasteiger partial charge in [-0.25, -0.2) is 4.68 Å². The number of pyridine rings is 1. The second-order valence-electron chi connectivity index (χ2n) is 7.16. The average Bonchev–Trinajstić information content (AvgIpc) is 3.15. The van der Waals surface area contributed by atoms with Gasteiger partial charge in [0.2, 0.25) is 5.88 Å². The minimum atomic E-state index is -0.162. The van der Waals surface area contributed by atoms with E-state index in [0.29, 0.717) is 64.3 Å². The molecule has 0 spiro atoms. The van der Waals surface area contributed by atoms with Crippen molar-refractivity contribution in [3.8, 4) is 23.0 Å². The third-order valence-electron chi connectivity index (χ3n) is 4.93. The zero-order chi connectivity index (χ0) is 22.7. The molecule has 9 nitrogen and oxygen atoms in total. The average molecular weight is 446 g/mol. The molecule has 2 atom stereocenters. The molecule has 0 aromatic carbocycles. The highest BCUT2D eigenvalue weighted by molar-refractivity contribution is 7.82. The first-order valence-corrected chi connectivity index (χ1v) is 11.2. The van der Waals surface area contributed by atoms with Crippen LogP contribution in [0, 0.1) is 5.41 Å². The third kappa shape index (κ3) is 4.50. The van der Waals surface area contributed by atoms with E-state index in [1.165, 1.54) is 0 Å². The molecule has 11 heteroatoms. The van der Waals surface area contributed by atoms with Crippen LogP contribution >= 0.6 is 8.46 Å². The van der Waals surface area contributed by atoms with Crippen LogP contribution in [0.1, 0.15) is 25.8 Å². The van der Waals surface area contributed by atoms with Crippen molar-refractivity contribution in [3.05, 3.63) is 47.7 Å². The topological polar surface area (TPSA) is 113 Å². The summed E-state index contributed by atoms with van der Waals surface area (Å²) in [7, 11) is 7.42. The summed E-state index contributed by atoms with van der Waals surface area (Å²) < 4.78 is 13.9. The number of nitrogens with zero attached hydrogens (tertiary/aromatic N) is 6. The molecule has 0 fully saturated rings. The number of nitrogens with one attached hydrogen (secondary N) is 1. The van der Waals surface area contributed by atoms with E-state index >= 15 is 0 Å². The molecule has 4 rings (SSSR count). The maximum Gasteiger partial charge on any atom is 0.221 e. The van der Waals surface area contributed by atoms with Gasteiger partial charge in [0.05, 0.1) is 30.3 Å². The van der Waals surface area contributed by atoms with E-state index in [2.05, 4.69) is 25.4 Å². The van der Waals surface area contributed by atoms with Crippen LogP contribution in [0.4, 0.5) is 11.6 Å². The van der Waals surface area contributed by atoms with E-state index < -0.39 is 0 Å². The molecule has 0 aliphatic carbocycles. The number of ether oxygens (including phenoxy) is 2. The summed E-state index contributed by atoms with van der Waals surface area (Å²) in [6.45, 7) is 4.25. The molecule has 0 amide bonds. The molecular weight excluding hydrogens is 424 g/mol. The van der Waals surface area contributed by atoms with Gasteiger partial charge in [-0.3, -0.25) is 4.98 Å². The SMILES string of the molecule is [B]PC(=N)/C(=C\C)c1cnc2cc1O[C@@H](C)CCOc1c(cnn1C)-c1nccc(n1)[N-]2. The molecule has 3 aromatic rings. The second-order valence-corrected chi connectivity index (χ2v) is 7.95. The van der Waals surface area contributed by atoms with Gasteiger partial charge in [0, 0.05) is 47.9 Å². The number of fused-ring (bicyclic) bond motifs is 6. The Morgan fingerprint density at radius 1 is 1.34 bits per heavy atom. The van der Waals surface area contributed by atoms with Crippen molar-refractivity contribution in [2.45, 2.75) is 26.4 Å². The van der Waals surface area contributed by atoms with Crippen LogP contribution in [0.2, 0.25) is 0 Å².